The van der Waals surface area contributed by atoms with Crippen molar-refractivity contribution in [2.75, 3.05) is 32.8 Å². The van der Waals surface area contributed by atoms with Crippen LogP contribution in [0.4, 0.5) is 0 Å². The SMILES string of the molecule is Cc1ncccc1CN1CC[C@@H](N2CCOCC2)[C@H]1C. The Labute approximate surface area is 121 Å². The molecule has 3 rings (SSSR count). The molecule has 3 heterocycles. The van der Waals surface area contributed by atoms with E-state index in [4.69, 9.17) is 4.74 Å². The predicted molar refractivity (Wildman–Crippen MR) is 79.6 cm³/mol. The lowest BCUT2D eigenvalue weighted by Gasteiger charge is -2.36. The zero-order valence-corrected chi connectivity index (χ0v) is 12.6. The lowest BCUT2D eigenvalue weighted by molar-refractivity contribution is 0.00982. The summed E-state index contributed by atoms with van der Waals surface area (Å²) in [6, 6.07) is 5.56. The zero-order valence-electron chi connectivity index (χ0n) is 12.6. The Kier molecular flexibility index (Phi) is 4.34. The second-order valence-corrected chi connectivity index (χ2v) is 5.96. The van der Waals surface area contributed by atoms with Crippen LogP contribution < -0.4 is 0 Å². The van der Waals surface area contributed by atoms with Gasteiger partial charge in [0.25, 0.3) is 0 Å². The van der Waals surface area contributed by atoms with Crippen molar-refractivity contribution in [1.29, 1.82) is 0 Å². The average molecular weight is 275 g/mol. The topological polar surface area (TPSA) is 28.6 Å². The number of ether oxygens (including phenoxy) is 1. The maximum atomic E-state index is 5.47. The Bertz CT molecular complexity index is 445. The van der Waals surface area contributed by atoms with E-state index in [2.05, 4.69) is 34.7 Å². The van der Waals surface area contributed by atoms with E-state index in [1.807, 2.05) is 12.3 Å². The van der Waals surface area contributed by atoms with Crippen LogP contribution in [-0.2, 0) is 11.3 Å². The molecule has 4 nitrogen and oxygen atoms in total. The molecule has 0 radical (unpaired) electrons. The van der Waals surface area contributed by atoms with Crippen LogP contribution in [0.1, 0.15) is 24.6 Å². The van der Waals surface area contributed by atoms with Crippen LogP contribution in [0.3, 0.4) is 0 Å². The number of nitrogens with zero attached hydrogens (tertiary/aromatic N) is 3. The van der Waals surface area contributed by atoms with Crippen molar-refractivity contribution in [3.8, 4) is 0 Å². The third-order valence-corrected chi connectivity index (χ3v) is 4.85. The Morgan fingerprint density at radius 1 is 1.30 bits per heavy atom. The number of rotatable bonds is 3. The molecular weight excluding hydrogens is 250 g/mol. The molecule has 2 aliphatic rings. The number of morpholine rings is 1. The molecule has 0 N–H and O–H groups in total. The van der Waals surface area contributed by atoms with Gasteiger partial charge in [0, 0.05) is 50.2 Å². The highest BCUT2D eigenvalue weighted by Crippen LogP contribution is 2.25. The summed E-state index contributed by atoms with van der Waals surface area (Å²) in [6.45, 7) is 10.7. The molecule has 2 aliphatic heterocycles. The summed E-state index contributed by atoms with van der Waals surface area (Å²) in [7, 11) is 0. The summed E-state index contributed by atoms with van der Waals surface area (Å²) in [5, 5.41) is 0. The van der Waals surface area contributed by atoms with Crippen LogP contribution in [0.2, 0.25) is 0 Å². The molecule has 0 bridgehead atoms. The van der Waals surface area contributed by atoms with Gasteiger partial charge in [0.1, 0.15) is 0 Å². The molecule has 0 amide bonds. The monoisotopic (exact) mass is 275 g/mol. The van der Waals surface area contributed by atoms with Gasteiger partial charge in [-0.1, -0.05) is 6.07 Å². The second-order valence-electron chi connectivity index (χ2n) is 5.96. The third kappa shape index (κ3) is 2.87. The molecule has 0 aliphatic carbocycles. The fourth-order valence-corrected chi connectivity index (χ4v) is 3.51. The van der Waals surface area contributed by atoms with Gasteiger partial charge in [-0.25, -0.2) is 0 Å². The van der Waals surface area contributed by atoms with Gasteiger partial charge in [-0.2, -0.15) is 0 Å². The van der Waals surface area contributed by atoms with Gasteiger partial charge in [-0.05, 0) is 31.9 Å². The van der Waals surface area contributed by atoms with Gasteiger partial charge < -0.3 is 4.74 Å². The number of hydrogen-bond donors (Lipinski definition) is 0. The van der Waals surface area contributed by atoms with Crippen molar-refractivity contribution in [3.63, 3.8) is 0 Å². The number of hydrogen-bond acceptors (Lipinski definition) is 4. The van der Waals surface area contributed by atoms with E-state index in [-0.39, 0.29) is 0 Å². The summed E-state index contributed by atoms with van der Waals surface area (Å²) in [5.74, 6) is 0. The maximum absolute atomic E-state index is 5.47. The number of pyridine rings is 1. The van der Waals surface area contributed by atoms with E-state index in [1.165, 1.54) is 18.5 Å². The van der Waals surface area contributed by atoms with Gasteiger partial charge in [0.2, 0.25) is 0 Å². The molecular formula is C16H25N3O. The van der Waals surface area contributed by atoms with E-state index >= 15 is 0 Å². The van der Waals surface area contributed by atoms with Crippen LogP contribution in [0.5, 0.6) is 0 Å². The highest BCUT2D eigenvalue weighted by atomic mass is 16.5. The number of likely N-dealkylation sites (tertiary alicyclic amines) is 1. The Balaban J connectivity index is 1.63. The standard InChI is InChI=1S/C16H25N3O/c1-13-15(4-3-6-17-13)12-19-7-5-16(14(19)2)18-8-10-20-11-9-18/h3-4,6,14,16H,5,7-12H2,1-2H3/t14-,16-/m1/s1. The zero-order chi connectivity index (χ0) is 13.9. The first kappa shape index (κ1) is 14.0. The van der Waals surface area contributed by atoms with Gasteiger partial charge in [-0.3, -0.25) is 14.8 Å². The molecule has 110 valence electrons. The molecule has 2 atom stereocenters. The van der Waals surface area contributed by atoms with Crippen LogP contribution in [0.15, 0.2) is 18.3 Å². The van der Waals surface area contributed by atoms with E-state index in [9.17, 15) is 0 Å². The minimum absolute atomic E-state index is 0.618. The summed E-state index contributed by atoms with van der Waals surface area (Å²) in [5.41, 5.74) is 2.52. The minimum Gasteiger partial charge on any atom is -0.379 e. The summed E-state index contributed by atoms with van der Waals surface area (Å²) >= 11 is 0. The van der Waals surface area contributed by atoms with Crippen molar-refractivity contribution in [2.45, 2.75) is 38.9 Å². The van der Waals surface area contributed by atoms with E-state index in [0.717, 1.165) is 38.5 Å². The van der Waals surface area contributed by atoms with E-state index in [0.29, 0.717) is 12.1 Å². The number of aryl methyl sites for hydroxylation is 1. The normalized spacial score (nSPS) is 28.9. The molecule has 2 saturated heterocycles. The quantitative estimate of drug-likeness (QED) is 0.839. The fraction of sp³-hybridized carbons (Fsp3) is 0.688. The van der Waals surface area contributed by atoms with Crippen molar-refractivity contribution in [3.05, 3.63) is 29.6 Å². The van der Waals surface area contributed by atoms with Crippen molar-refractivity contribution >= 4 is 0 Å². The van der Waals surface area contributed by atoms with Crippen molar-refractivity contribution < 1.29 is 4.74 Å². The lowest BCUT2D eigenvalue weighted by Crippen LogP contribution is -2.48. The maximum Gasteiger partial charge on any atom is 0.0594 e. The Morgan fingerprint density at radius 2 is 2.10 bits per heavy atom. The molecule has 0 aromatic carbocycles. The summed E-state index contributed by atoms with van der Waals surface area (Å²) < 4.78 is 5.47. The first-order valence-electron chi connectivity index (χ1n) is 7.72. The van der Waals surface area contributed by atoms with Crippen LogP contribution in [0.25, 0.3) is 0 Å². The highest BCUT2D eigenvalue weighted by Gasteiger charge is 2.35. The summed E-state index contributed by atoms with van der Waals surface area (Å²) in [6.07, 6.45) is 3.16. The predicted octanol–water partition coefficient (Wildman–Crippen LogP) is 1.69. The fourth-order valence-electron chi connectivity index (χ4n) is 3.51. The summed E-state index contributed by atoms with van der Waals surface area (Å²) in [4.78, 5) is 9.62. The van der Waals surface area contributed by atoms with Crippen LogP contribution in [0, 0.1) is 6.92 Å². The first-order chi connectivity index (χ1) is 9.75. The van der Waals surface area contributed by atoms with Crippen LogP contribution >= 0.6 is 0 Å². The molecule has 4 heteroatoms. The molecule has 20 heavy (non-hydrogen) atoms. The van der Waals surface area contributed by atoms with E-state index in [1.54, 1.807) is 0 Å². The molecule has 1 aromatic heterocycles. The molecule has 1 aromatic rings. The number of aromatic nitrogens is 1. The van der Waals surface area contributed by atoms with Gasteiger partial charge >= 0.3 is 0 Å². The van der Waals surface area contributed by atoms with Gasteiger partial charge in [0.15, 0.2) is 0 Å². The Morgan fingerprint density at radius 3 is 2.85 bits per heavy atom. The largest absolute Gasteiger partial charge is 0.379 e. The molecule has 0 unspecified atom stereocenters. The Hall–Kier alpha value is -0.970. The molecule has 0 saturated carbocycles. The van der Waals surface area contributed by atoms with E-state index < -0.39 is 0 Å². The second kappa shape index (κ2) is 6.20. The van der Waals surface area contributed by atoms with Crippen molar-refractivity contribution in [1.82, 2.24) is 14.8 Å². The minimum atomic E-state index is 0.618. The molecule has 2 fully saturated rings. The van der Waals surface area contributed by atoms with Crippen LogP contribution in [-0.4, -0.2) is 59.7 Å². The van der Waals surface area contributed by atoms with Crippen molar-refractivity contribution in [2.24, 2.45) is 0 Å². The molecule has 0 spiro atoms. The highest BCUT2D eigenvalue weighted by molar-refractivity contribution is 5.18. The van der Waals surface area contributed by atoms with Gasteiger partial charge in [-0.15, -0.1) is 0 Å². The third-order valence-electron chi connectivity index (χ3n) is 4.85. The smallest absolute Gasteiger partial charge is 0.0594 e. The first-order valence-corrected chi connectivity index (χ1v) is 7.72. The lowest BCUT2D eigenvalue weighted by atomic mass is 10.1. The van der Waals surface area contributed by atoms with Gasteiger partial charge in [0.05, 0.1) is 13.2 Å². The average Bonchev–Trinajstić information content (AvgIpc) is 2.84.